The number of hydrogen-bond acceptors (Lipinski definition) is 7. The minimum Gasteiger partial charge on any atom is -0.318 e. The highest BCUT2D eigenvalue weighted by Crippen LogP contribution is 2.13. The van der Waals surface area contributed by atoms with Crippen molar-refractivity contribution in [2.24, 2.45) is 4.99 Å². The maximum Gasteiger partial charge on any atom is 0.366 e. The second kappa shape index (κ2) is 6.46. The van der Waals surface area contributed by atoms with Crippen LogP contribution in [0.3, 0.4) is 0 Å². The number of pyridine rings is 1. The van der Waals surface area contributed by atoms with Gasteiger partial charge in [-0.05, 0) is 26.2 Å². The van der Waals surface area contributed by atoms with Gasteiger partial charge in [0.25, 0.3) is 0 Å². The van der Waals surface area contributed by atoms with Crippen LogP contribution in [0.15, 0.2) is 29.5 Å². The van der Waals surface area contributed by atoms with Gasteiger partial charge in [-0.1, -0.05) is 0 Å². The van der Waals surface area contributed by atoms with Gasteiger partial charge in [0.1, 0.15) is 7.69 Å². The number of hydrazine groups is 1. The fourth-order valence-electron chi connectivity index (χ4n) is 1.50. The van der Waals surface area contributed by atoms with Gasteiger partial charge in [-0.3, -0.25) is 9.88 Å². The van der Waals surface area contributed by atoms with Gasteiger partial charge in [0.15, 0.2) is 6.29 Å². The molecule has 1 atom stereocenters. The number of amidine groups is 1. The SMILES string of the molecule is Cl.[2H]C1=NC(N(C)C)N(C)N1OC(=O)c1cccnc1. The van der Waals surface area contributed by atoms with E-state index in [0.29, 0.717) is 5.56 Å². The predicted octanol–water partition coefficient (Wildman–Crippen LogP) is 0.611. The molecule has 0 amide bonds. The van der Waals surface area contributed by atoms with Gasteiger partial charge in [0.2, 0.25) is 0 Å². The molecular formula is C11H16ClN5O2. The Morgan fingerprint density at radius 2 is 2.32 bits per heavy atom. The minimum absolute atomic E-state index is 0. The summed E-state index contributed by atoms with van der Waals surface area (Å²) in [7, 11) is 5.33. The Morgan fingerprint density at radius 3 is 2.84 bits per heavy atom. The maximum atomic E-state index is 11.9. The number of nitrogens with zero attached hydrogens (tertiary/aromatic N) is 5. The molecule has 1 aromatic rings. The third kappa shape index (κ3) is 3.40. The normalized spacial score (nSPS) is 19.8. The second-order valence-corrected chi connectivity index (χ2v) is 4.01. The molecule has 1 aliphatic rings. The van der Waals surface area contributed by atoms with Gasteiger partial charge < -0.3 is 4.84 Å². The Kier molecular flexibility index (Phi) is 4.67. The Balaban J connectivity index is 0.00000200. The van der Waals surface area contributed by atoms with E-state index in [9.17, 15) is 4.79 Å². The van der Waals surface area contributed by atoms with Crippen molar-refractivity contribution in [2.45, 2.75) is 6.29 Å². The molecule has 8 heteroatoms. The van der Waals surface area contributed by atoms with Gasteiger partial charge in [-0.25, -0.2) is 9.79 Å². The fraction of sp³-hybridized carbons (Fsp3) is 0.364. The zero-order chi connectivity index (χ0) is 14.0. The van der Waals surface area contributed by atoms with E-state index in [1.165, 1.54) is 6.20 Å². The molecule has 1 aromatic heterocycles. The molecule has 0 saturated heterocycles. The van der Waals surface area contributed by atoms with Gasteiger partial charge in [0.05, 0.1) is 5.56 Å². The number of halogens is 1. The first-order valence-corrected chi connectivity index (χ1v) is 5.36. The second-order valence-electron chi connectivity index (χ2n) is 4.01. The van der Waals surface area contributed by atoms with E-state index in [0.717, 1.165) is 5.17 Å². The lowest BCUT2D eigenvalue weighted by Gasteiger charge is -2.28. The van der Waals surface area contributed by atoms with E-state index in [2.05, 4.69) is 9.98 Å². The van der Waals surface area contributed by atoms with Crippen molar-refractivity contribution < 1.29 is 11.0 Å². The monoisotopic (exact) mass is 286 g/mol. The number of aliphatic imine (C=N–C) groups is 1. The number of hydrogen-bond donors (Lipinski definition) is 0. The van der Waals surface area contributed by atoms with Gasteiger partial charge in [-0.2, -0.15) is 5.01 Å². The third-order valence-corrected chi connectivity index (χ3v) is 2.41. The van der Waals surface area contributed by atoms with Crippen LogP contribution >= 0.6 is 12.4 Å². The molecular weight excluding hydrogens is 270 g/mol. The Morgan fingerprint density at radius 1 is 1.58 bits per heavy atom. The molecule has 19 heavy (non-hydrogen) atoms. The quantitative estimate of drug-likeness (QED) is 0.811. The summed E-state index contributed by atoms with van der Waals surface area (Å²) in [5.74, 6) is -0.584. The van der Waals surface area contributed by atoms with Crippen LogP contribution in [0.4, 0.5) is 0 Å². The largest absolute Gasteiger partial charge is 0.366 e. The van der Waals surface area contributed by atoms with Crippen LogP contribution in [0.1, 0.15) is 11.7 Å². The van der Waals surface area contributed by atoms with Crippen molar-refractivity contribution in [3.05, 3.63) is 30.1 Å². The molecule has 0 radical (unpaired) electrons. The summed E-state index contributed by atoms with van der Waals surface area (Å²) >= 11 is 0. The number of hydroxylamine groups is 1. The Hall–Kier alpha value is -1.70. The average Bonchev–Trinajstić information content (AvgIpc) is 2.68. The van der Waals surface area contributed by atoms with Crippen LogP contribution in [0.25, 0.3) is 0 Å². The molecule has 1 unspecified atom stereocenters. The van der Waals surface area contributed by atoms with Crippen LogP contribution in [0.5, 0.6) is 0 Å². The summed E-state index contributed by atoms with van der Waals surface area (Å²) in [5.41, 5.74) is 0.317. The van der Waals surface area contributed by atoms with Crippen LogP contribution in [-0.4, -0.2) is 59.8 Å². The van der Waals surface area contributed by atoms with E-state index in [1.807, 2.05) is 14.1 Å². The average molecular weight is 287 g/mol. The lowest BCUT2D eigenvalue weighted by atomic mass is 10.3. The zero-order valence-electron chi connectivity index (χ0n) is 11.8. The highest BCUT2D eigenvalue weighted by Gasteiger charge is 2.28. The summed E-state index contributed by atoms with van der Waals surface area (Å²) in [6, 6.07) is 3.23. The lowest BCUT2D eigenvalue weighted by molar-refractivity contribution is -0.190. The van der Waals surface area contributed by atoms with Crippen molar-refractivity contribution in [2.75, 3.05) is 21.1 Å². The molecule has 0 spiro atoms. The van der Waals surface area contributed by atoms with Gasteiger partial charge in [-0.15, -0.1) is 17.6 Å². The molecule has 1 aliphatic heterocycles. The van der Waals surface area contributed by atoms with Gasteiger partial charge >= 0.3 is 5.97 Å². The summed E-state index contributed by atoms with van der Waals surface area (Å²) in [4.78, 5) is 26.7. The van der Waals surface area contributed by atoms with E-state index in [4.69, 9.17) is 6.21 Å². The molecule has 0 N–H and O–H groups in total. The fourth-order valence-corrected chi connectivity index (χ4v) is 1.50. The third-order valence-electron chi connectivity index (χ3n) is 2.41. The van der Waals surface area contributed by atoms with E-state index in [-0.39, 0.29) is 25.0 Å². The molecule has 2 heterocycles. The number of aromatic nitrogens is 1. The molecule has 104 valence electrons. The molecule has 0 fully saturated rings. The van der Waals surface area contributed by atoms with Crippen LogP contribution < -0.4 is 0 Å². The first-order chi connectivity index (χ1) is 9.00. The van der Waals surface area contributed by atoms with Crippen LogP contribution in [-0.2, 0) is 4.84 Å². The van der Waals surface area contributed by atoms with Crippen molar-refractivity contribution in [3.8, 4) is 0 Å². The highest BCUT2D eigenvalue weighted by molar-refractivity contribution is 5.89. The summed E-state index contributed by atoms with van der Waals surface area (Å²) in [5, 5.41) is 2.61. The highest BCUT2D eigenvalue weighted by atomic mass is 35.5. The summed E-state index contributed by atoms with van der Waals surface area (Å²) in [6.45, 7) is 0. The summed E-state index contributed by atoms with van der Waals surface area (Å²) in [6.07, 6.45) is 2.48. The molecule has 2 rings (SSSR count). The van der Waals surface area contributed by atoms with Crippen molar-refractivity contribution in [1.29, 1.82) is 0 Å². The minimum atomic E-state index is -0.584. The lowest BCUT2D eigenvalue weighted by Crippen LogP contribution is -2.46. The van der Waals surface area contributed by atoms with E-state index >= 15 is 0 Å². The van der Waals surface area contributed by atoms with Crippen LogP contribution in [0, 0.1) is 0 Å². The maximum absolute atomic E-state index is 11.9. The smallest absolute Gasteiger partial charge is 0.318 e. The first kappa shape index (κ1) is 13.7. The predicted molar refractivity (Wildman–Crippen MR) is 72.5 cm³/mol. The topological polar surface area (TPSA) is 61.3 Å². The van der Waals surface area contributed by atoms with Crippen molar-refractivity contribution in [3.63, 3.8) is 0 Å². The molecule has 0 bridgehead atoms. The first-order valence-electron chi connectivity index (χ1n) is 5.86. The van der Waals surface area contributed by atoms with Crippen molar-refractivity contribution in [1.82, 2.24) is 20.1 Å². The standard InChI is InChI=1S/C11H15N5O2.ClH/c1-14(2)11-13-8-16(15(11)3)18-10(17)9-5-4-6-12-7-9;/h4-8,11H,1-3H3;1H/i8D;. The molecule has 0 aromatic carbocycles. The van der Waals surface area contributed by atoms with E-state index in [1.54, 1.807) is 35.3 Å². The summed E-state index contributed by atoms with van der Waals surface area (Å²) < 4.78 is 7.71. The number of rotatable bonds is 3. The molecule has 7 nitrogen and oxygen atoms in total. The molecule has 0 aliphatic carbocycles. The number of carbonyl (C=O) groups is 1. The van der Waals surface area contributed by atoms with Gasteiger partial charge in [0, 0.05) is 19.4 Å². The van der Waals surface area contributed by atoms with Crippen LogP contribution in [0.2, 0.25) is 0 Å². The molecule has 0 saturated carbocycles. The number of carbonyl (C=O) groups excluding carboxylic acids is 1. The van der Waals surface area contributed by atoms with E-state index < -0.39 is 5.97 Å². The van der Waals surface area contributed by atoms with Crippen molar-refractivity contribution >= 4 is 24.7 Å². The Bertz CT molecular complexity index is 499. The Labute approximate surface area is 119 Å². The zero-order valence-corrected chi connectivity index (χ0v) is 11.7.